The van der Waals surface area contributed by atoms with E-state index in [4.69, 9.17) is 25.8 Å². The lowest BCUT2D eigenvalue weighted by atomic mass is 9.99. The molecule has 2 saturated heterocycles. The van der Waals surface area contributed by atoms with Crippen molar-refractivity contribution in [1.82, 2.24) is 4.90 Å². The molecule has 318 valence electrons. The molecule has 2 aliphatic rings. The summed E-state index contributed by atoms with van der Waals surface area (Å²) in [7, 11) is 1.85. The monoisotopic (exact) mass is 846 g/mol. The van der Waals surface area contributed by atoms with Crippen LogP contribution in [-0.4, -0.2) is 79.9 Å². The van der Waals surface area contributed by atoms with Gasteiger partial charge in [-0.3, -0.25) is 25.1 Å². The van der Waals surface area contributed by atoms with Crippen molar-refractivity contribution in [3.63, 3.8) is 0 Å². The molecule has 7 rings (SSSR count). The molecular weight excluding hydrogens is 796 g/mol. The second-order valence-corrected chi connectivity index (χ2v) is 16.7. The number of nitrogens with zero attached hydrogens (tertiary/aromatic N) is 4. The zero-order chi connectivity index (χ0) is 43.1. The number of nitrogens with one attached hydrogen (secondary N) is 2. The summed E-state index contributed by atoms with van der Waals surface area (Å²) in [6.45, 7) is 10.4. The van der Waals surface area contributed by atoms with Crippen LogP contribution in [0.4, 0.5) is 33.2 Å². The lowest BCUT2D eigenvalue weighted by molar-refractivity contribution is -0.384. The third kappa shape index (κ3) is 11.2. The number of carbonyl (C=O) groups is 2. The van der Waals surface area contributed by atoms with Crippen molar-refractivity contribution >= 4 is 52.0 Å². The molecule has 2 aliphatic heterocycles. The van der Waals surface area contributed by atoms with Crippen LogP contribution in [0, 0.1) is 10.1 Å². The lowest BCUT2D eigenvalue weighted by Crippen LogP contribution is -2.46. The van der Waals surface area contributed by atoms with Crippen LogP contribution in [0.1, 0.15) is 49.5 Å². The number of nitro groups is 1. The highest BCUT2D eigenvalue weighted by atomic mass is 35.5. The molecule has 0 bridgehead atoms. The van der Waals surface area contributed by atoms with Crippen LogP contribution in [0.15, 0.2) is 109 Å². The van der Waals surface area contributed by atoms with Crippen molar-refractivity contribution in [2.24, 2.45) is 0 Å². The van der Waals surface area contributed by atoms with Gasteiger partial charge in [0.25, 0.3) is 11.6 Å². The Morgan fingerprint density at radius 2 is 1.59 bits per heavy atom. The van der Waals surface area contributed by atoms with Crippen molar-refractivity contribution in [2.45, 2.75) is 51.8 Å². The molecule has 13 nitrogen and oxygen atoms in total. The SMILES string of the molecule is CN(c1ccc(NC(=O)c2ccc(N3CCN(Cc4ccccc4-c4ccc(Cl)cc4)CC3)cc2Oc2cccc(NC(=O)OC(C)(C)C)c2)cc1[N+](=O)[O-])C1CCOCC1. The van der Waals surface area contributed by atoms with Crippen molar-refractivity contribution in [1.29, 1.82) is 0 Å². The molecule has 5 aromatic carbocycles. The number of hydrogen-bond acceptors (Lipinski definition) is 10. The van der Waals surface area contributed by atoms with E-state index in [1.165, 1.54) is 17.2 Å². The predicted molar refractivity (Wildman–Crippen MR) is 240 cm³/mol. The van der Waals surface area contributed by atoms with Crippen molar-refractivity contribution in [3.8, 4) is 22.6 Å². The van der Waals surface area contributed by atoms with Gasteiger partial charge in [-0.2, -0.15) is 0 Å². The fourth-order valence-electron chi connectivity index (χ4n) is 7.65. The summed E-state index contributed by atoms with van der Waals surface area (Å²) in [4.78, 5) is 45.1. The van der Waals surface area contributed by atoms with Crippen LogP contribution in [0.2, 0.25) is 5.02 Å². The second-order valence-electron chi connectivity index (χ2n) is 16.2. The summed E-state index contributed by atoms with van der Waals surface area (Å²) in [5, 5.41) is 18.6. The predicted octanol–water partition coefficient (Wildman–Crippen LogP) is 10.2. The molecule has 2 N–H and O–H groups in total. The Hall–Kier alpha value is -6.15. The molecule has 14 heteroatoms. The Balaban J connectivity index is 1.11. The number of rotatable bonds is 12. The first kappa shape index (κ1) is 43.0. The van der Waals surface area contributed by atoms with E-state index in [1.807, 2.05) is 48.3 Å². The van der Waals surface area contributed by atoms with E-state index >= 15 is 0 Å². The average Bonchev–Trinajstić information content (AvgIpc) is 3.24. The van der Waals surface area contributed by atoms with Gasteiger partial charge in [-0.05, 0) is 98.8 Å². The van der Waals surface area contributed by atoms with Crippen molar-refractivity contribution in [2.75, 3.05) is 66.9 Å². The molecule has 5 aromatic rings. The summed E-state index contributed by atoms with van der Waals surface area (Å²) < 4.78 is 17.4. The van der Waals surface area contributed by atoms with Gasteiger partial charge >= 0.3 is 6.09 Å². The van der Waals surface area contributed by atoms with Crippen LogP contribution >= 0.6 is 11.6 Å². The summed E-state index contributed by atoms with van der Waals surface area (Å²) in [5.74, 6) is 0.141. The third-order valence-corrected chi connectivity index (χ3v) is 11.0. The van der Waals surface area contributed by atoms with Gasteiger partial charge in [0.2, 0.25) is 0 Å². The maximum atomic E-state index is 14.1. The first-order valence-corrected chi connectivity index (χ1v) is 20.8. The molecule has 0 atom stereocenters. The van der Waals surface area contributed by atoms with Crippen LogP contribution < -0.4 is 25.2 Å². The Morgan fingerprint density at radius 3 is 2.31 bits per heavy atom. The Morgan fingerprint density at radius 1 is 0.869 bits per heavy atom. The number of piperazine rings is 1. The van der Waals surface area contributed by atoms with E-state index in [9.17, 15) is 19.7 Å². The topological polar surface area (TPSA) is 139 Å². The Bertz CT molecular complexity index is 2360. The standard InChI is InChI=1S/C47H51ClN6O7/c1-47(2,3)61-46(56)50-35-9-7-10-39(28-35)60-44-30-38(53-24-22-52(23-25-53)31-33-8-5-6-11-40(33)32-12-14-34(48)15-13-32)17-18-41(44)45(55)49-36-16-19-42(43(29-36)54(57)58)51(4)37-20-26-59-27-21-37/h5-19,28-30,37H,20-27,31H2,1-4H3,(H,49,55)(H,50,56). The highest BCUT2D eigenvalue weighted by Gasteiger charge is 2.27. The van der Waals surface area contributed by atoms with Gasteiger partial charge in [0.05, 0.1) is 10.5 Å². The van der Waals surface area contributed by atoms with E-state index in [-0.39, 0.29) is 28.7 Å². The van der Waals surface area contributed by atoms with Gasteiger partial charge < -0.3 is 29.3 Å². The largest absolute Gasteiger partial charge is 0.456 e. The Kier molecular flexibility index (Phi) is 13.4. The number of benzene rings is 5. The number of carbonyl (C=O) groups excluding carboxylic acids is 2. The summed E-state index contributed by atoms with van der Waals surface area (Å²) in [5.41, 5.74) is 5.01. The molecule has 0 saturated carbocycles. The van der Waals surface area contributed by atoms with E-state index in [2.05, 4.69) is 44.7 Å². The maximum Gasteiger partial charge on any atom is 0.412 e. The number of anilines is 4. The quantitative estimate of drug-likeness (QED) is 0.0922. The first-order valence-electron chi connectivity index (χ1n) is 20.4. The molecule has 0 aliphatic carbocycles. The zero-order valence-corrected chi connectivity index (χ0v) is 35.6. The minimum absolute atomic E-state index is 0.101. The van der Waals surface area contributed by atoms with Crippen LogP contribution in [-0.2, 0) is 16.0 Å². The fraction of sp³-hybridized carbons (Fsp3) is 0.319. The van der Waals surface area contributed by atoms with Crippen LogP contribution in [0.25, 0.3) is 11.1 Å². The average molecular weight is 847 g/mol. The highest BCUT2D eigenvalue weighted by molar-refractivity contribution is 6.30. The van der Waals surface area contributed by atoms with E-state index < -0.39 is 22.5 Å². The molecular formula is C47H51ClN6O7. The highest BCUT2D eigenvalue weighted by Crippen LogP contribution is 2.36. The van der Waals surface area contributed by atoms with E-state index in [0.29, 0.717) is 35.4 Å². The van der Waals surface area contributed by atoms with Gasteiger partial charge in [-0.15, -0.1) is 0 Å². The fourth-order valence-corrected chi connectivity index (χ4v) is 7.78. The van der Waals surface area contributed by atoms with Crippen molar-refractivity contribution < 1.29 is 28.7 Å². The second kappa shape index (κ2) is 19.1. The normalized spacial score (nSPS) is 14.9. The maximum absolute atomic E-state index is 14.1. The van der Waals surface area contributed by atoms with E-state index in [1.54, 1.807) is 63.2 Å². The van der Waals surface area contributed by atoms with Gasteiger partial charge in [-0.25, -0.2) is 4.79 Å². The van der Waals surface area contributed by atoms with Crippen LogP contribution in [0.5, 0.6) is 11.5 Å². The van der Waals surface area contributed by atoms with Crippen LogP contribution in [0.3, 0.4) is 0 Å². The number of nitro benzene ring substituents is 1. The molecule has 2 amide bonds. The van der Waals surface area contributed by atoms with Gasteiger partial charge in [0.1, 0.15) is 22.8 Å². The molecule has 2 heterocycles. The summed E-state index contributed by atoms with van der Waals surface area (Å²) in [6.07, 6.45) is 0.916. The number of amides is 2. The zero-order valence-electron chi connectivity index (χ0n) is 34.9. The molecule has 0 aromatic heterocycles. The number of halogens is 1. The molecule has 0 radical (unpaired) electrons. The first-order chi connectivity index (χ1) is 29.3. The molecule has 0 unspecified atom stereocenters. The smallest absolute Gasteiger partial charge is 0.412 e. The van der Waals surface area contributed by atoms with Gasteiger partial charge in [-0.1, -0.05) is 54.1 Å². The molecule has 0 spiro atoms. The Labute approximate surface area is 361 Å². The number of ether oxygens (including phenoxy) is 3. The lowest BCUT2D eigenvalue weighted by Gasteiger charge is -2.36. The summed E-state index contributed by atoms with van der Waals surface area (Å²) >= 11 is 6.17. The van der Waals surface area contributed by atoms with Gasteiger partial charge in [0, 0.05) is 99.3 Å². The molecule has 2 fully saturated rings. The third-order valence-electron chi connectivity index (χ3n) is 10.8. The minimum atomic E-state index is -0.685. The number of hydrogen-bond donors (Lipinski definition) is 2. The van der Waals surface area contributed by atoms with E-state index in [0.717, 1.165) is 56.8 Å². The van der Waals surface area contributed by atoms with Gasteiger partial charge in [0.15, 0.2) is 0 Å². The van der Waals surface area contributed by atoms with Crippen molar-refractivity contribution in [3.05, 3.63) is 135 Å². The molecule has 61 heavy (non-hydrogen) atoms. The summed E-state index contributed by atoms with van der Waals surface area (Å²) in [6, 6.07) is 33.4. The minimum Gasteiger partial charge on any atom is -0.456 e.